The summed E-state index contributed by atoms with van der Waals surface area (Å²) in [7, 11) is 1.75. The molecule has 0 heterocycles. The highest BCUT2D eigenvalue weighted by Crippen LogP contribution is 1.92. The van der Waals surface area contributed by atoms with E-state index >= 15 is 0 Å². The largest absolute Gasteiger partial charge is 0.512 e. The Kier molecular flexibility index (Phi) is 3.57. The smallest absolute Gasteiger partial charge is 0.0991 e. The minimum atomic E-state index is 0.0868. The minimum absolute atomic E-state index is 0.0868. The van der Waals surface area contributed by atoms with Gasteiger partial charge in [0.25, 0.3) is 0 Å². The van der Waals surface area contributed by atoms with Crippen LogP contribution in [-0.4, -0.2) is 35.3 Å². The van der Waals surface area contributed by atoms with E-state index in [4.69, 9.17) is 10.2 Å². The molecule has 0 amide bonds. The lowest BCUT2D eigenvalue weighted by Gasteiger charge is -2.13. The molecule has 0 bridgehead atoms. The summed E-state index contributed by atoms with van der Waals surface area (Å²) in [5.41, 5.74) is 0. The van der Waals surface area contributed by atoms with Gasteiger partial charge in [-0.2, -0.15) is 0 Å². The third kappa shape index (κ3) is 5.18. The van der Waals surface area contributed by atoms with Gasteiger partial charge < -0.3 is 10.2 Å². The Hall–Kier alpha value is -0.960. The predicted molar refractivity (Wildman–Crippen MR) is 41.0 cm³/mol. The minimum Gasteiger partial charge on any atom is -0.512 e. The van der Waals surface area contributed by atoms with Crippen LogP contribution < -0.4 is 0 Å². The second-order valence-corrected chi connectivity index (χ2v) is 2.30. The van der Waals surface area contributed by atoms with E-state index < -0.39 is 0 Å². The van der Waals surface area contributed by atoms with Crippen molar-refractivity contribution in [2.24, 2.45) is 0 Å². The lowest BCUT2D eigenvalue weighted by molar-refractivity contribution is 0.269. The molecule has 0 aromatic carbocycles. The number of nitrogens with zero attached hydrogens (tertiary/aromatic N) is 1. The predicted octanol–water partition coefficient (Wildman–Crippen LogP) is 1.06. The molecule has 0 aromatic heterocycles. The molecule has 58 valence electrons. The van der Waals surface area contributed by atoms with Crippen molar-refractivity contribution < 1.29 is 10.2 Å². The third-order valence-corrected chi connectivity index (χ3v) is 0.905. The molecule has 0 radical (unpaired) electrons. The molecular weight excluding hydrogens is 130 g/mol. The fourth-order valence-corrected chi connectivity index (χ4v) is 0.679. The maximum Gasteiger partial charge on any atom is 0.0991 e. The van der Waals surface area contributed by atoms with Crippen LogP contribution in [-0.2, 0) is 0 Å². The average molecular weight is 143 g/mol. The highest BCUT2D eigenvalue weighted by Gasteiger charge is 1.99. The summed E-state index contributed by atoms with van der Waals surface area (Å²) in [6.45, 7) is 7.33. The van der Waals surface area contributed by atoms with Gasteiger partial charge in [0.05, 0.1) is 24.6 Å². The summed E-state index contributed by atoms with van der Waals surface area (Å²) in [4.78, 5) is 1.70. The summed E-state index contributed by atoms with van der Waals surface area (Å²) in [6, 6.07) is 0. The van der Waals surface area contributed by atoms with Gasteiger partial charge in [0.15, 0.2) is 0 Å². The van der Waals surface area contributed by atoms with Gasteiger partial charge in [0.2, 0.25) is 0 Å². The number of likely N-dealkylation sites (N-methyl/N-ethyl adjacent to an activating group) is 1. The Bertz CT molecular complexity index is 127. The van der Waals surface area contributed by atoms with Crippen LogP contribution in [0.2, 0.25) is 0 Å². The number of rotatable bonds is 4. The Morgan fingerprint density at radius 1 is 1.20 bits per heavy atom. The molecule has 3 nitrogen and oxygen atoms in total. The maximum absolute atomic E-state index is 8.69. The average Bonchev–Trinajstić information content (AvgIpc) is 1.58. The zero-order valence-corrected chi connectivity index (χ0v) is 6.17. The molecule has 2 N–H and O–H groups in total. The molecule has 3 heteroatoms. The molecule has 0 aliphatic carbocycles. The second-order valence-electron chi connectivity index (χ2n) is 2.30. The molecule has 0 atom stereocenters. The quantitative estimate of drug-likeness (QED) is 0.578. The monoisotopic (exact) mass is 143 g/mol. The van der Waals surface area contributed by atoms with Crippen molar-refractivity contribution in [1.82, 2.24) is 4.90 Å². The first-order valence-corrected chi connectivity index (χ1v) is 2.94. The van der Waals surface area contributed by atoms with Crippen LogP contribution in [0.15, 0.2) is 24.7 Å². The molecule has 0 unspecified atom stereocenters. The van der Waals surface area contributed by atoms with Crippen LogP contribution in [0.1, 0.15) is 0 Å². The number of hydrogen-bond donors (Lipinski definition) is 2. The second kappa shape index (κ2) is 3.95. The number of aliphatic hydroxyl groups is 2. The normalized spacial score (nSPS) is 9.80. The van der Waals surface area contributed by atoms with E-state index in [0.29, 0.717) is 13.1 Å². The van der Waals surface area contributed by atoms with Crippen molar-refractivity contribution in [3.05, 3.63) is 24.7 Å². The summed E-state index contributed by atoms with van der Waals surface area (Å²) < 4.78 is 0. The lowest BCUT2D eigenvalue weighted by Crippen LogP contribution is -2.22. The number of hydrogen-bond acceptors (Lipinski definition) is 3. The Morgan fingerprint density at radius 2 is 1.50 bits per heavy atom. The molecule has 10 heavy (non-hydrogen) atoms. The summed E-state index contributed by atoms with van der Waals surface area (Å²) >= 11 is 0. The van der Waals surface area contributed by atoms with E-state index in [1.807, 2.05) is 0 Å². The molecule has 0 spiro atoms. The van der Waals surface area contributed by atoms with Gasteiger partial charge >= 0.3 is 0 Å². The van der Waals surface area contributed by atoms with Gasteiger partial charge in [-0.15, -0.1) is 0 Å². The van der Waals surface area contributed by atoms with Gasteiger partial charge in [0, 0.05) is 0 Å². The fourth-order valence-electron chi connectivity index (χ4n) is 0.679. The highest BCUT2D eigenvalue weighted by atomic mass is 16.3. The van der Waals surface area contributed by atoms with Crippen molar-refractivity contribution >= 4 is 0 Å². The standard InChI is InChI=1S/C7H13NO2/c1-6(9)4-8(3)5-7(2)10/h9-10H,1-2,4-5H2,3H3. The first kappa shape index (κ1) is 9.04. The SMILES string of the molecule is C=C(O)CN(C)CC(=C)O. The van der Waals surface area contributed by atoms with Crippen molar-refractivity contribution in [1.29, 1.82) is 0 Å². The molecular formula is C7H13NO2. The topological polar surface area (TPSA) is 43.7 Å². The van der Waals surface area contributed by atoms with Crippen LogP contribution in [0, 0.1) is 0 Å². The van der Waals surface area contributed by atoms with Crippen LogP contribution in [0.4, 0.5) is 0 Å². The first-order valence-electron chi connectivity index (χ1n) is 2.94. The third-order valence-electron chi connectivity index (χ3n) is 0.905. The van der Waals surface area contributed by atoms with Gasteiger partial charge in [0.1, 0.15) is 0 Å². The van der Waals surface area contributed by atoms with Crippen LogP contribution in [0.5, 0.6) is 0 Å². The fraction of sp³-hybridized carbons (Fsp3) is 0.429. The van der Waals surface area contributed by atoms with Crippen LogP contribution in [0.3, 0.4) is 0 Å². The molecule has 0 aromatic rings. The Labute approximate surface area is 60.9 Å². The van der Waals surface area contributed by atoms with Gasteiger partial charge in [-0.1, -0.05) is 13.2 Å². The van der Waals surface area contributed by atoms with E-state index in [-0.39, 0.29) is 11.5 Å². The van der Waals surface area contributed by atoms with Crippen molar-refractivity contribution in [3.8, 4) is 0 Å². The van der Waals surface area contributed by atoms with Crippen molar-refractivity contribution in [2.75, 3.05) is 20.1 Å². The lowest BCUT2D eigenvalue weighted by atomic mass is 10.4. The molecule has 0 rings (SSSR count). The Morgan fingerprint density at radius 3 is 1.70 bits per heavy atom. The van der Waals surface area contributed by atoms with Crippen molar-refractivity contribution in [3.63, 3.8) is 0 Å². The van der Waals surface area contributed by atoms with E-state index in [0.717, 1.165) is 0 Å². The molecule has 0 aliphatic rings. The van der Waals surface area contributed by atoms with E-state index in [2.05, 4.69) is 13.2 Å². The van der Waals surface area contributed by atoms with E-state index in [1.54, 1.807) is 11.9 Å². The molecule has 0 fully saturated rings. The van der Waals surface area contributed by atoms with Crippen LogP contribution >= 0.6 is 0 Å². The zero-order valence-electron chi connectivity index (χ0n) is 6.17. The highest BCUT2D eigenvalue weighted by molar-refractivity contribution is 4.88. The summed E-state index contributed by atoms with van der Waals surface area (Å²) in [5.74, 6) is 0.174. The van der Waals surface area contributed by atoms with E-state index in [1.165, 1.54) is 0 Å². The molecule has 0 saturated carbocycles. The van der Waals surface area contributed by atoms with Crippen molar-refractivity contribution in [2.45, 2.75) is 0 Å². The summed E-state index contributed by atoms with van der Waals surface area (Å²) in [6.07, 6.45) is 0. The Balaban J connectivity index is 3.53. The zero-order chi connectivity index (χ0) is 8.15. The number of aliphatic hydroxyl groups excluding tert-OH is 2. The first-order chi connectivity index (χ1) is 4.52. The van der Waals surface area contributed by atoms with Gasteiger partial charge in [-0.05, 0) is 7.05 Å². The van der Waals surface area contributed by atoms with Gasteiger partial charge in [-0.25, -0.2) is 0 Å². The summed E-state index contributed by atoms with van der Waals surface area (Å²) in [5, 5.41) is 17.4. The molecule has 0 saturated heterocycles. The molecule has 0 aliphatic heterocycles. The maximum atomic E-state index is 8.69. The van der Waals surface area contributed by atoms with Gasteiger partial charge in [-0.3, -0.25) is 4.90 Å². The van der Waals surface area contributed by atoms with E-state index in [9.17, 15) is 0 Å². The van der Waals surface area contributed by atoms with Crippen LogP contribution in [0.25, 0.3) is 0 Å².